The van der Waals surface area contributed by atoms with Crippen molar-refractivity contribution < 1.29 is 4.79 Å². The minimum Gasteiger partial charge on any atom is -0.338 e. The second-order valence-corrected chi connectivity index (χ2v) is 4.76. The smallest absolute Gasteiger partial charge is 0.319 e. The number of urea groups is 1. The normalized spacial score (nSPS) is 10.0. The second kappa shape index (κ2) is 6.81. The molecule has 0 saturated heterocycles. The fourth-order valence-corrected chi connectivity index (χ4v) is 2.24. The summed E-state index contributed by atoms with van der Waals surface area (Å²) in [5, 5.41) is 9.47. The molecule has 1 aromatic heterocycles. The molecule has 0 bridgehead atoms. The van der Waals surface area contributed by atoms with E-state index in [9.17, 15) is 4.79 Å². The molecule has 94 valence electrons. The number of hydrogen-bond donors (Lipinski definition) is 2. The van der Waals surface area contributed by atoms with E-state index in [1.807, 2.05) is 35.0 Å². The maximum Gasteiger partial charge on any atom is 0.319 e. The molecule has 2 amide bonds. The van der Waals surface area contributed by atoms with E-state index in [1.54, 1.807) is 11.3 Å². The highest BCUT2D eigenvalue weighted by atomic mass is 32.1. The molecule has 0 atom stereocenters. The summed E-state index contributed by atoms with van der Waals surface area (Å²) in [4.78, 5) is 11.5. The molecule has 0 aliphatic carbocycles. The van der Waals surface area contributed by atoms with E-state index < -0.39 is 0 Å². The molecule has 0 aliphatic rings. The van der Waals surface area contributed by atoms with Crippen LogP contribution in [0.3, 0.4) is 0 Å². The van der Waals surface area contributed by atoms with Crippen molar-refractivity contribution in [1.29, 1.82) is 0 Å². The number of nitrogens with one attached hydrogen (secondary N) is 2. The van der Waals surface area contributed by atoms with Crippen LogP contribution in [0.4, 0.5) is 10.5 Å². The topological polar surface area (TPSA) is 41.1 Å². The standard InChI is InChI=1S/C14H16N2OS/c17-14(16-13-8-10-18-11-13)15-9-4-7-12-5-2-1-3-6-12/h1-3,5-6,8,10-11H,4,7,9H2,(H2,15,16,17). The lowest BCUT2D eigenvalue weighted by molar-refractivity contribution is 0.252. The van der Waals surface area contributed by atoms with Gasteiger partial charge in [0.15, 0.2) is 0 Å². The summed E-state index contributed by atoms with van der Waals surface area (Å²) in [6, 6.07) is 12.0. The number of rotatable bonds is 5. The quantitative estimate of drug-likeness (QED) is 0.794. The van der Waals surface area contributed by atoms with E-state index >= 15 is 0 Å². The van der Waals surface area contributed by atoms with Crippen LogP contribution in [-0.4, -0.2) is 12.6 Å². The first-order chi connectivity index (χ1) is 8.84. The Morgan fingerprint density at radius 2 is 2.00 bits per heavy atom. The zero-order valence-electron chi connectivity index (χ0n) is 10.1. The van der Waals surface area contributed by atoms with Crippen molar-refractivity contribution in [3.05, 3.63) is 52.7 Å². The zero-order chi connectivity index (χ0) is 12.6. The summed E-state index contributed by atoms with van der Waals surface area (Å²) in [5.74, 6) is 0. The third kappa shape index (κ3) is 4.22. The van der Waals surface area contributed by atoms with Gasteiger partial charge in [0, 0.05) is 11.9 Å². The maximum atomic E-state index is 11.5. The highest BCUT2D eigenvalue weighted by Gasteiger charge is 2.00. The van der Waals surface area contributed by atoms with Gasteiger partial charge in [-0.05, 0) is 29.9 Å². The van der Waals surface area contributed by atoms with Gasteiger partial charge in [0.05, 0.1) is 5.69 Å². The average molecular weight is 260 g/mol. The van der Waals surface area contributed by atoms with Gasteiger partial charge in [0.25, 0.3) is 0 Å². The van der Waals surface area contributed by atoms with Gasteiger partial charge in [-0.3, -0.25) is 0 Å². The predicted octanol–water partition coefficient (Wildman–Crippen LogP) is 3.50. The van der Waals surface area contributed by atoms with Crippen molar-refractivity contribution in [1.82, 2.24) is 5.32 Å². The number of carbonyl (C=O) groups excluding carboxylic acids is 1. The Bertz CT molecular complexity index is 468. The summed E-state index contributed by atoms with van der Waals surface area (Å²) in [6.07, 6.45) is 1.93. The fraction of sp³-hybridized carbons (Fsp3) is 0.214. The first-order valence-electron chi connectivity index (χ1n) is 5.95. The number of amides is 2. The molecule has 0 unspecified atom stereocenters. The minimum atomic E-state index is -0.138. The largest absolute Gasteiger partial charge is 0.338 e. The van der Waals surface area contributed by atoms with Crippen LogP contribution in [0.25, 0.3) is 0 Å². The van der Waals surface area contributed by atoms with Gasteiger partial charge in [0.2, 0.25) is 0 Å². The number of anilines is 1. The van der Waals surface area contributed by atoms with Crippen LogP contribution >= 0.6 is 11.3 Å². The predicted molar refractivity (Wildman–Crippen MR) is 76.1 cm³/mol. The molecule has 0 fully saturated rings. The SMILES string of the molecule is O=C(NCCCc1ccccc1)Nc1ccsc1. The van der Waals surface area contributed by atoms with E-state index in [0.29, 0.717) is 6.54 Å². The fourth-order valence-electron chi connectivity index (χ4n) is 1.65. The van der Waals surface area contributed by atoms with Crippen molar-refractivity contribution in [3.8, 4) is 0 Å². The summed E-state index contributed by atoms with van der Waals surface area (Å²) in [5.41, 5.74) is 2.15. The summed E-state index contributed by atoms with van der Waals surface area (Å²) < 4.78 is 0. The van der Waals surface area contributed by atoms with Crippen LogP contribution in [-0.2, 0) is 6.42 Å². The number of aryl methyl sites for hydroxylation is 1. The molecule has 1 heterocycles. The Morgan fingerprint density at radius 1 is 1.17 bits per heavy atom. The molecule has 0 aliphatic heterocycles. The van der Waals surface area contributed by atoms with Crippen molar-refractivity contribution >= 4 is 23.1 Å². The van der Waals surface area contributed by atoms with Gasteiger partial charge in [-0.2, -0.15) is 11.3 Å². The van der Waals surface area contributed by atoms with Gasteiger partial charge in [-0.15, -0.1) is 0 Å². The van der Waals surface area contributed by atoms with Crippen LogP contribution in [0.5, 0.6) is 0 Å². The molecule has 18 heavy (non-hydrogen) atoms. The van der Waals surface area contributed by atoms with Gasteiger partial charge < -0.3 is 10.6 Å². The van der Waals surface area contributed by atoms with Crippen LogP contribution in [0, 0.1) is 0 Å². The average Bonchev–Trinajstić information content (AvgIpc) is 2.89. The Labute approximate surface area is 111 Å². The lowest BCUT2D eigenvalue weighted by Crippen LogP contribution is -2.29. The van der Waals surface area contributed by atoms with E-state index in [4.69, 9.17) is 0 Å². The number of carbonyl (C=O) groups is 1. The molecule has 2 rings (SSSR count). The Balaban J connectivity index is 1.62. The van der Waals surface area contributed by atoms with Crippen molar-refractivity contribution in [2.75, 3.05) is 11.9 Å². The third-order valence-electron chi connectivity index (χ3n) is 2.55. The van der Waals surface area contributed by atoms with Gasteiger partial charge in [0.1, 0.15) is 0 Å². The van der Waals surface area contributed by atoms with Crippen LogP contribution in [0.15, 0.2) is 47.2 Å². The molecule has 3 nitrogen and oxygen atoms in total. The molecule has 4 heteroatoms. The Kier molecular flexibility index (Phi) is 4.78. The zero-order valence-corrected chi connectivity index (χ0v) is 10.9. The molecule has 0 spiro atoms. The highest BCUT2D eigenvalue weighted by molar-refractivity contribution is 7.08. The lowest BCUT2D eigenvalue weighted by atomic mass is 10.1. The number of hydrogen-bond acceptors (Lipinski definition) is 2. The number of thiophene rings is 1. The summed E-state index contributed by atoms with van der Waals surface area (Å²) in [7, 11) is 0. The monoisotopic (exact) mass is 260 g/mol. The number of benzene rings is 1. The first kappa shape index (κ1) is 12.6. The van der Waals surface area contributed by atoms with Gasteiger partial charge in [-0.1, -0.05) is 30.3 Å². The van der Waals surface area contributed by atoms with Crippen LogP contribution in [0.1, 0.15) is 12.0 Å². The van der Waals surface area contributed by atoms with Crippen molar-refractivity contribution in [2.45, 2.75) is 12.8 Å². The van der Waals surface area contributed by atoms with Gasteiger partial charge in [-0.25, -0.2) is 4.79 Å². The molecule has 2 aromatic rings. The first-order valence-corrected chi connectivity index (χ1v) is 6.90. The van der Waals surface area contributed by atoms with Crippen molar-refractivity contribution in [2.24, 2.45) is 0 Å². The molecule has 0 saturated carbocycles. The summed E-state index contributed by atoms with van der Waals surface area (Å²) >= 11 is 1.56. The molecule has 1 aromatic carbocycles. The van der Waals surface area contributed by atoms with Crippen molar-refractivity contribution in [3.63, 3.8) is 0 Å². The Morgan fingerprint density at radius 3 is 2.72 bits per heavy atom. The highest BCUT2D eigenvalue weighted by Crippen LogP contribution is 2.11. The third-order valence-corrected chi connectivity index (χ3v) is 3.23. The van der Waals surface area contributed by atoms with Crippen LogP contribution in [0.2, 0.25) is 0 Å². The molecular formula is C14H16N2OS. The van der Waals surface area contributed by atoms with E-state index in [0.717, 1.165) is 18.5 Å². The molecular weight excluding hydrogens is 244 g/mol. The van der Waals surface area contributed by atoms with Gasteiger partial charge >= 0.3 is 6.03 Å². The summed E-state index contributed by atoms with van der Waals surface area (Å²) in [6.45, 7) is 0.685. The van der Waals surface area contributed by atoms with E-state index in [2.05, 4.69) is 22.8 Å². The van der Waals surface area contributed by atoms with E-state index in [-0.39, 0.29) is 6.03 Å². The van der Waals surface area contributed by atoms with E-state index in [1.165, 1.54) is 5.56 Å². The maximum absolute atomic E-state index is 11.5. The second-order valence-electron chi connectivity index (χ2n) is 3.98. The lowest BCUT2D eigenvalue weighted by Gasteiger charge is -2.06. The Hall–Kier alpha value is -1.81. The van der Waals surface area contributed by atoms with Crippen LogP contribution < -0.4 is 10.6 Å². The molecule has 0 radical (unpaired) electrons. The minimum absolute atomic E-state index is 0.138. The molecule has 2 N–H and O–H groups in total.